The van der Waals surface area contributed by atoms with E-state index in [0.29, 0.717) is 11.6 Å². The highest BCUT2D eigenvalue weighted by Crippen LogP contribution is 2.30. The number of benzene rings is 1. The number of nitrogens with one attached hydrogen (secondary N) is 1. The Morgan fingerprint density at radius 1 is 1.35 bits per heavy atom. The van der Waals surface area contributed by atoms with Crippen molar-refractivity contribution >= 4 is 23.5 Å². The highest BCUT2D eigenvalue weighted by atomic mass is 35.5. The van der Waals surface area contributed by atoms with Crippen LogP contribution in [-0.4, -0.2) is 23.5 Å². The number of carbonyl (C=O) groups is 2. The predicted molar refractivity (Wildman–Crippen MR) is 62.9 cm³/mol. The zero-order valence-corrected chi connectivity index (χ0v) is 9.78. The van der Waals surface area contributed by atoms with Gasteiger partial charge in [0.25, 0.3) is 0 Å². The molecule has 1 heterocycles. The summed E-state index contributed by atoms with van der Waals surface area (Å²) in [6.45, 7) is 0.359. The summed E-state index contributed by atoms with van der Waals surface area (Å²) < 4.78 is 0. The second kappa shape index (κ2) is 4.75. The maximum Gasteiger partial charge on any atom is 0.307 e. The maximum atomic E-state index is 11.2. The molecule has 1 aromatic rings. The molecule has 1 fully saturated rings. The highest BCUT2D eigenvalue weighted by Gasteiger charge is 2.35. The zero-order chi connectivity index (χ0) is 12.4. The number of amides is 1. The van der Waals surface area contributed by atoms with Gasteiger partial charge in [-0.25, -0.2) is 0 Å². The van der Waals surface area contributed by atoms with Crippen molar-refractivity contribution in [2.24, 2.45) is 5.92 Å². The largest absolute Gasteiger partial charge is 0.481 e. The molecule has 0 aromatic heterocycles. The van der Waals surface area contributed by atoms with E-state index in [0.717, 1.165) is 5.56 Å². The number of carbonyl (C=O) groups excluding carboxylic acids is 1. The van der Waals surface area contributed by atoms with Crippen LogP contribution in [0.2, 0.25) is 5.02 Å². The second-order valence-electron chi connectivity index (χ2n) is 4.11. The SMILES string of the molecule is O=C1CC(C(=O)O)C(c2ccc(Cl)cc2)CN1. The Morgan fingerprint density at radius 3 is 2.59 bits per heavy atom. The van der Waals surface area contributed by atoms with Gasteiger partial charge in [-0.15, -0.1) is 0 Å². The van der Waals surface area contributed by atoms with E-state index in [1.165, 1.54) is 0 Å². The molecule has 4 nitrogen and oxygen atoms in total. The molecule has 1 aliphatic heterocycles. The quantitative estimate of drug-likeness (QED) is 0.842. The van der Waals surface area contributed by atoms with E-state index in [2.05, 4.69) is 5.32 Å². The van der Waals surface area contributed by atoms with Gasteiger partial charge >= 0.3 is 5.97 Å². The molecule has 1 amide bonds. The first-order valence-electron chi connectivity index (χ1n) is 5.33. The van der Waals surface area contributed by atoms with E-state index in [-0.39, 0.29) is 18.2 Å². The van der Waals surface area contributed by atoms with Crippen LogP contribution in [0.1, 0.15) is 17.9 Å². The maximum absolute atomic E-state index is 11.2. The van der Waals surface area contributed by atoms with Crippen molar-refractivity contribution in [2.75, 3.05) is 6.54 Å². The zero-order valence-electron chi connectivity index (χ0n) is 9.02. The summed E-state index contributed by atoms with van der Waals surface area (Å²) >= 11 is 5.79. The van der Waals surface area contributed by atoms with Gasteiger partial charge in [0.2, 0.25) is 5.91 Å². The van der Waals surface area contributed by atoms with E-state index in [1.807, 2.05) is 0 Å². The molecule has 5 heteroatoms. The van der Waals surface area contributed by atoms with Crippen LogP contribution >= 0.6 is 11.6 Å². The van der Waals surface area contributed by atoms with E-state index in [1.54, 1.807) is 24.3 Å². The summed E-state index contributed by atoms with van der Waals surface area (Å²) in [6, 6.07) is 7.07. The molecule has 1 aliphatic rings. The Morgan fingerprint density at radius 2 is 2.00 bits per heavy atom. The van der Waals surface area contributed by atoms with Gasteiger partial charge in [-0.05, 0) is 17.7 Å². The average molecular weight is 254 g/mol. The fourth-order valence-corrected chi connectivity index (χ4v) is 2.23. The number of hydrogen-bond donors (Lipinski definition) is 2. The summed E-state index contributed by atoms with van der Waals surface area (Å²) in [4.78, 5) is 22.4. The van der Waals surface area contributed by atoms with Crippen molar-refractivity contribution in [3.8, 4) is 0 Å². The molecule has 0 spiro atoms. The molecule has 0 saturated carbocycles. The van der Waals surface area contributed by atoms with Crippen molar-refractivity contribution in [1.29, 1.82) is 0 Å². The summed E-state index contributed by atoms with van der Waals surface area (Å²) in [7, 11) is 0. The molecule has 90 valence electrons. The van der Waals surface area contributed by atoms with Gasteiger partial charge in [0.15, 0.2) is 0 Å². The molecular weight excluding hydrogens is 242 g/mol. The topological polar surface area (TPSA) is 66.4 Å². The van der Waals surface area contributed by atoms with Gasteiger partial charge in [-0.1, -0.05) is 23.7 Å². The molecule has 2 atom stereocenters. The summed E-state index contributed by atoms with van der Waals surface area (Å²) in [6.07, 6.45) is 0.0304. The Hall–Kier alpha value is -1.55. The van der Waals surface area contributed by atoms with Crippen LogP contribution in [0, 0.1) is 5.92 Å². The van der Waals surface area contributed by atoms with E-state index in [4.69, 9.17) is 16.7 Å². The Kier molecular flexibility index (Phi) is 3.33. The lowest BCUT2D eigenvalue weighted by Gasteiger charge is -2.29. The lowest BCUT2D eigenvalue weighted by Crippen LogP contribution is -2.42. The van der Waals surface area contributed by atoms with Crippen LogP contribution in [0.4, 0.5) is 0 Å². The molecule has 0 bridgehead atoms. The first kappa shape index (κ1) is 11.9. The lowest BCUT2D eigenvalue weighted by molar-refractivity contribution is -0.146. The molecule has 2 unspecified atom stereocenters. The fourth-order valence-electron chi connectivity index (χ4n) is 2.10. The standard InChI is InChI=1S/C12H12ClNO3/c13-8-3-1-7(2-4-8)10-6-14-11(15)5-9(10)12(16)17/h1-4,9-10H,5-6H2,(H,14,15)(H,16,17). The van der Waals surface area contributed by atoms with Crippen molar-refractivity contribution < 1.29 is 14.7 Å². The third-order valence-corrected chi connectivity index (χ3v) is 3.28. The van der Waals surface area contributed by atoms with Crippen molar-refractivity contribution in [1.82, 2.24) is 5.32 Å². The second-order valence-corrected chi connectivity index (χ2v) is 4.55. The molecule has 2 N–H and O–H groups in total. The van der Waals surface area contributed by atoms with Crippen LogP contribution in [0.15, 0.2) is 24.3 Å². The highest BCUT2D eigenvalue weighted by molar-refractivity contribution is 6.30. The van der Waals surface area contributed by atoms with Crippen LogP contribution in [0.5, 0.6) is 0 Å². The minimum atomic E-state index is -0.931. The number of carboxylic acids is 1. The Bertz CT molecular complexity index is 444. The predicted octanol–water partition coefficient (Wildman–Crippen LogP) is 1.64. The molecule has 0 radical (unpaired) electrons. The van der Waals surface area contributed by atoms with Crippen LogP contribution < -0.4 is 5.32 Å². The van der Waals surface area contributed by atoms with Gasteiger partial charge in [-0.2, -0.15) is 0 Å². The molecule has 0 aliphatic carbocycles. The van der Waals surface area contributed by atoms with E-state index < -0.39 is 11.9 Å². The summed E-state index contributed by atoms with van der Waals surface area (Å²) in [5.41, 5.74) is 0.891. The number of carboxylic acid groups (broad SMARTS) is 1. The molecule has 1 aromatic carbocycles. The van der Waals surface area contributed by atoms with Gasteiger partial charge in [0.1, 0.15) is 0 Å². The third kappa shape index (κ3) is 2.58. The number of piperidine rings is 1. The molecule has 1 saturated heterocycles. The van der Waals surface area contributed by atoms with Gasteiger partial charge in [-0.3, -0.25) is 9.59 Å². The number of aliphatic carboxylic acids is 1. The van der Waals surface area contributed by atoms with Crippen molar-refractivity contribution in [3.63, 3.8) is 0 Å². The fraction of sp³-hybridized carbons (Fsp3) is 0.333. The van der Waals surface area contributed by atoms with E-state index >= 15 is 0 Å². The smallest absolute Gasteiger partial charge is 0.307 e. The number of hydrogen-bond acceptors (Lipinski definition) is 2. The van der Waals surface area contributed by atoms with E-state index in [9.17, 15) is 9.59 Å². The molecular formula is C12H12ClNO3. The third-order valence-electron chi connectivity index (χ3n) is 3.03. The van der Waals surface area contributed by atoms with Gasteiger partial charge in [0, 0.05) is 23.9 Å². The Labute approximate surface area is 104 Å². The number of halogens is 1. The van der Waals surface area contributed by atoms with Crippen LogP contribution in [-0.2, 0) is 9.59 Å². The molecule has 17 heavy (non-hydrogen) atoms. The van der Waals surface area contributed by atoms with Gasteiger partial charge < -0.3 is 10.4 Å². The van der Waals surface area contributed by atoms with Crippen molar-refractivity contribution in [2.45, 2.75) is 12.3 Å². The van der Waals surface area contributed by atoms with Crippen molar-refractivity contribution in [3.05, 3.63) is 34.9 Å². The van der Waals surface area contributed by atoms with Crippen LogP contribution in [0.25, 0.3) is 0 Å². The minimum Gasteiger partial charge on any atom is -0.481 e. The number of rotatable bonds is 2. The minimum absolute atomic E-state index is 0.0304. The van der Waals surface area contributed by atoms with Gasteiger partial charge in [0.05, 0.1) is 5.92 Å². The molecule has 2 rings (SSSR count). The lowest BCUT2D eigenvalue weighted by atomic mass is 9.81. The first-order chi connectivity index (χ1) is 8.08. The monoisotopic (exact) mass is 253 g/mol. The Balaban J connectivity index is 2.26. The normalized spacial score (nSPS) is 24.2. The summed E-state index contributed by atoms with van der Waals surface area (Å²) in [5, 5.41) is 12.4. The first-order valence-corrected chi connectivity index (χ1v) is 5.70. The van der Waals surface area contributed by atoms with Crippen LogP contribution in [0.3, 0.4) is 0 Å². The average Bonchev–Trinajstić information content (AvgIpc) is 2.30. The summed E-state index contributed by atoms with van der Waals surface area (Å²) in [5.74, 6) is -1.99.